The Morgan fingerprint density at radius 1 is 1.27 bits per heavy atom. The maximum Gasteiger partial charge on any atom is 0.341 e. The second kappa shape index (κ2) is 7.39. The molecule has 0 saturated heterocycles. The zero-order valence-electron chi connectivity index (χ0n) is 12.9. The molecule has 0 aromatic heterocycles. The van der Waals surface area contributed by atoms with Crippen molar-refractivity contribution in [3.05, 3.63) is 35.9 Å². The van der Waals surface area contributed by atoms with E-state index >= 15 is 0 Å². The van der Waals surface area contributed by atoms with E-state index in [2.05, 4.69) is 10.5 Å². The lowest BCUT2D eigenvalue weighted by atomic mass is 10.1. The fourth-order valence-corrected chi connectivity index (χ4v) is 1.21. The topological polar surface area (TPSA) is 101 Å². The molecule has 1 aromatic carbocycles. The van der Waals surface area contributed by atoms with Crippen molar-refractivity contribution >= 4 is 11.9 Å². The number of carbonyl (C=O) groups excluding carboxylic acids is 1. The minimum atomic E-state index is -1.24. The summed E-state index contributed by atoms with van der Waals surface area (Å²) in [5, 5.41) is 17.1. The van der Waals surface area contributed by atoms with Crippen LogP contribution < -0.4 is 0 Å². The lowest BCUT2D eigenvalue weighted by Crippen LogP contribution is -2.44. The smallest absolute Gasteiger partial charge is 0.341 e. The minimum absolute atomic E-state index is 0.388. The average Bonchev–Trinajstić information content (AvgIpc) is 2.47. The number of esters is 1. The van der Waals surface area contributed by atoms with Crippen molar-refractivity contribution in [2.45, 2.75) is 32.6 Å². The fraction of sp³-hybridized carbons (Fsp3) is 0.429. The summed E-state index contributed by atoms with van der Waals surface area (Å²) in [6.07, 6.45) is -0.960. The molecule has 0 bridgehead atoms. The van der Waals surface area contributed by atoms with Crippen LogP contribution in [0.15, 0.2) is 40.8 Å². The average molecular weight is 309 g/mol. The van der Waals surface area contributed by atoms with Gasteiger partial charge >= 0.3 is 11.9 Å². The predicted octanol–water partition coefficient (Wildman–Crippen LogP) is 2.28. The van der Waals surface area contributed by atoms with Crippen LogP contribution in [0, 0.1) is 0 Å². The number of likely N-dealkylation sites (N-methyl/N-ethyl adjacent to an activating group) is 1. The van der Waals surface area contributed by atoms with Crippen LogP contribution in [0.4, 0.5) is 0 Å². The summed E-state index contributed by atoms with van der Waals surface area (Å²) in [4.78, 5) is 27.6. The number of aliphatic carboxylic acids is 1. The van der Waals surface area contributed by atoms with E-state index in [-0.39, 0.29) is 0 Å². The second-order valence-corrected chi connectivity index (χ2v) is 5.00. The second-order valence-electron chi connectivity index (χ2n) is 5.00. The van der Waals surface area contributed by atoms with Gasteiger partial charge in [0.2, 0.25) is 0 Å². The van der Waals surface area contributed by atoms with Crippen LogP contribution in [0.25, 0.3) is 0 Å². The SMILES string of the molecule is CC(ON=NN(C)C(C)(C)C(=O)O)OC(=O)c1ccccc1. The van der Waals surface area contributed by atoms with E-state index in [0.717, 1.165) is 5.01 Å². The summed E-state index contributed by atoms with van der Waals surface area (Å²) in [5.41, 5.74) is -0.851. The van der Waals surface area contributed by atoms with Gasteiger partial charge in [-0.15, -0.1) is 0 Å². The molecule has 120 valence electrons. The van der Waals surface area contributed by atoms with Crippen LogP contribution in [-0.4, -0.2) is 40.9 Å². The van der Waals surface area contributed by atoms with Gasteiger partial charge in [0.1, 0.15) is 0 Å². The standard InChI is InChI=1S/C14H19N3O5/c1-10(21-12(18)11-8-6-5-7-9-11)22-16-15-17(4)14(2,3)13(19)20/h5-10H,1-4H3,(H,19,20). The highest BCUT2D eigenvalue weighted by atomic mass is 16.8. The lowest BCUT2D eigenvalue weighted by molar-refractivity contribution is -0.150. The maximum atomic E-state index is 11.7. The molecule has 0 heterocycles. The van der Waals surface area contributed by atoms with Crippen molar-refractivity contribution in [1.29, 1.82) is 0 Å². The minimum Gasteiger partial charge on any atom is -0.479 e. The number of hydrogen-bond acceptors (Lipinski definition) is 6. The molecule has 8 nitrogen and oxygen atoms in total. The Morgan fingerprint density at radius 3 is 2.41 bits per heavy atom. The van der Waals surface area contributed by atoms with Gasteiger partial charge in [0.15, 0.2) is 5.54 Å². The lowest BCUT2D eigenvalue weighted by Gasteiger charge is -2.26. The third-order valence-corrected chi connectivity index (χ3v) is 2.98. The molecule has 0 spiro atoms. The molecule has 8 heteroatoms. The van der Waals surface area contributed by atoms with Crippen molar-refractivity contribution < 1.29 is 24.3 Å². The number of carboxylic acid groups (broad SMARTS) is 1. The first-order valence-corrected chi connectivity index (χ1v) is 6.55. The van der Waals surface area contributed by atoms with E-state index in [1.54, 1.807) is 30.3 Å². The van der Waals surface area contributed by atoms with Crippen LogP contribution in [0.5, 0.6) is 0 Å². The van der Waals surface area contributed by atoms with Gasteiger partial charge in [0.25, 0.3) is 6.29 Å². The first-order chi connectivity index (χ1) is 10.2. The van der Waals surface area contributed by atoms with Gasteiger partial charge in [-0.2, -0.15) is 0 Å². The van der Waals surface area contributed by atoms with Crippen LogP contribution in [-0.2, 0) is 14.4 Å². The summed E-state index contributed by atoms with van der Waals surface area (Å²) in [7, 11) is 1.45. The molecule has 1 atom stereocenters. The van der Waals surface area contributed by atoms with Gasteiger partial charge in [0.05, 0.1) is 5.56 Å². The summed E-state index contributed by atoms with van der Waals surface area (Å²) >= 11 is 0. The van der Waals surface area contributed by atoms with E-state index in [0.29, 0.717) is 5.56 Å². The Labute approximate surface area is 128 Å². The zero-order valence-corrected chi connectivity index (χ0v) is 12.9. The van der Waals surface area contributed by atoms with Crippen molar-refractivity contribution in [2.75, 3.05) is 7.05 Å². The molecule has 0 saturated carbocycles. The molecule has 0 radical (unpaired) electrons. The Hall–Kier alpha value is -2.64. The number of ether oxygens (including phenoxy) is 1. The molecule has 0 aliphatic heterocycles. The Bertz CT molecular complexity index is 545. The summed E-state index contributed by atoms with van der Waals surface area (Å²) in [6, 6.07) is 8.43. The number of carboxylic acids is 1. The number of hydrogen-bond donors (Lipinski definition) is 1. The van der Waals surface area contributed by atoms with Gasteiger partial charge < -0.3 is 14.7 Å². The highest BCUT2D eigenvalue weighted by molar-refractivity contribution is 5.89. The molecule has 0 aliphatic carbocycles. The fourth-order valence-electron chi connectivity index (χ4n) is 1.21. The predicted molar refractivity (Wildman–Crippen MR) is 76.7 cm³/mol. The highest BCUT2D eigenvalue weighted by Crippen LogP contribution is 2.13. The van der Waals surface area contributed by atoms with Gasteiger partial charge in [0, 0.05) is 19.2 Å². The normalized spacial score (nSPS) is 12.7. The van der Waals surface area contributed by atoms with Gasteiger partial charge in [-0.25, -0.2) is 9.59 Å². The molecule has 1 aromatic rings. The van der Waals surface area contributed by atoms with Crippen molar-refractivity contribution in [2.24, 2.45) is 10.5 Å². The Kier molecular flexibility index (Phi) is 5.85. The van der Waals surface area contributed by atoms with E-state index in [1.165, 1.54) is 27.8 Å². The first-order valence-electron chi connectivity index (χ1n) is 6.55. The Balaban J connectivity index is 2.49. The van der Waals surface area contributed by atoms with Crippen LogP contribution in [0.3, 0.4) is 0 Å². The molecule has 22 heavy (non-hydrogen) atoms. The quantitative estimate of drug-likeness (QED) is 0.359. The van der Waals surface area contributed by atoms with E-state index in [4.69, 9.17) is 14.7 Å². The molecular formula is C14H19N3O5. The van der Waals surface area contributed by atoms with Crippen molar-refractivity contribution in [1.82, 2.24) is 5.01 Å². The van der Waals surface area contributed by atoms with E-state index in [9.17, 15) is 9.59 Å². The van der Waals surface area contributed by atoms with Crippen LogP contribution >= 0.6 is 0 Å². The largest absolute Gasteiger partial charge is 0.479 e. The number of carbonyl (C=O) groups is 2. The number of nitrogens with zero attached hydrogens (tertiary/aromatic N) is 3. The summed E-state index contributed by atoms with van der Waals surface area (Å²) < 4.78 is 5.00. The van der Waals surface area contributed by atoms with Crippen molar-refractivity contribution in [3.63, 3.8) is 0 Å². The highest BCUT2D eigenvalue weighted by Gasteiger charge is 2.32. The van der Waals surface area contributed by atoms with E-state index in [1.807, 2.05) is 0 Å². The van der Waals surface area contributed by atoms with Gasteiger partial charge in [-0.1, -0.05) is 18.2 Å². The summed E-state index contributed by atoms with van der Waals surface area (Å²) in [6.45, 7) is 4.41. The van der Waals surface area contributed by atoms with Gasteiger partial charge in [-0.05, 0) is 31.2 Å². The number of rotatable bonds is 7. The van der Waals surface area contributed by atoms with Crippen LogP contribution in [0.1, 0.15) is 31.1 Å². The molecule has 1 unspecified atom stereocenters. The molecule has 1 rings (SSSR count). The van der Waals surface area contributed by atoms with Gasteiger partial charge in [-0.3, -0.25) is 5.01 Å². The van der Waals surface area contributed by atoms with Crippen LogP contribution in [0.2, 0.25) is 0 Å². The maximum absolute atomic E-state index is 11.7. The number of benzene rings is 1. The first kappa shape index (κ1) is 17.4. The molecule has 0 fully saturated rings. The Morgan fingerprint density at radius 2 is 1.86 bits per heavy atom. The molecule has 0 amide bonds. The van der Waals surface area contributed by atoms with Crippen molar-refractivity contribution in [3.8, 4) is 0 Å². The third-order valence-electron chi connectivity index (χ3n) is 2.98. The molecule has 0 aliphatic rings. The zero-order chi connectivity index (χ0) is 16.8. The summed E-state index contributed by atoms with van der Waals surface area (Å²) in [5.74, 6) is -1.61. The monoisotopic (exact) mass is 309 g/mol. The van der Waals surface area contributed by atoms with E-state index < -0.39 is 23.8 Å². The third kappa shape index (κ3) is 4.72. The molecule has 1 N–H and O–H groups in total. The molecular weight excluding hydrogens is 290 g/mol.